The third-order valence-electron chi connectivity index (χ3n) is 2.69. The largest absolute Gasteiger partial charge is 0.355 e. The molecule has 1 heterocycles. The van der Waals surface area contributed by atoms with Crippen LogP contribution in [-0.4, -0.2) is 16.8 Å². The Labute approximate surface area is 110 Å². The van der Waals surface area contributed by atoms with E-state index in [1.165, 1.54) is 11.6 Å². The van der Waals surface area contributed by atoms with Crippen LogP contribution < -0.4 is 10.3 Å². The maximum absolute atomic E-state index is 11.5. The normalized spacial score (nSPS) is 10.4. The number of hydrogen-bond acceptors (Lipinski definition) is 3. The van der Waals surface area contributed by atoms with Crippen molar-refractivity contribution in [2.24, 2.45) is 7.05 Å². The van der Waals surface area contributed by atoms with Gasteiger partial charge in [0.25, 0.3) is 0 Å². The molecule has 18 heavy (non-hydrogen) atoms. The van der Waals surface area contributed by atoms with Gasteiger partial charge in [-0.1, -0.05) is 41.9 Å². The Balaban J connectivity index is 2.27. The Hall–Kier alpha value is -1.81. The Morgan fingerprint density at radius 2 is 2.00 bits per heavy atom. The van der Waals surface area contributed by atoms with E-state index in [-0.39, 0.29) is 10.6 Å². The molecule has 2 aromatic rings. The summed E-state index contributed by atoms with van der Waals surface area (Å²) >= 11 is 5.69. The first-order valence-electron chi connectivity index (χ1n) is 5.57. The summed E-state index contributed by atoms with van der Waals surface area (Å²) in [5, 5.41) is 3.96. The lowest BCUT2D eigenvalue weighted by Crippen LogP contribution is -2.24. The quantitative estimate of drug-likeness (QED) is 0.851. The van der Waals surface area contributed by atoms with Crippen molar-refractivity contribution >= 4 is 17.4 Å². The van der Waals surface area contributed by atoms with Gasteiger partial charge in [-0.15, -0.1) is 0 Å². The van der Waals surface area contributed by atoms with E-state index in [4.69, 9.17) is 11.6 Å². The van der Waals surface area contributed by atoms with Crippen LogP contribution in [0.25, 0.3) is 0 Å². The third kappa shape index (κ3) is 2.71. The Morgan fingerprint density at radius 3 is 2.67 bits per heavy atom. The summed E-state index contributed by atoms with van der Waals surface area (Å²) in [6.07, 6.45) is 0. The van der Waals surface area contributed by atoms with Gasteiger partial charge in [-0.05, 0) is 5.56 Å². The van der Waals surface area contributed by atoms with Crippen LogP contribution in [-0.2, 0) is 13.6 Å². The first kappa shape index (κ1) is 12.6. The molecule has 0 N–H and O–H groups in total. The molecule has 4 nitrogen and oxygen atoms in total. The zero-order valence-corrected chi connectivity index (χ0v) is 11.1. The topological polar surface area (TPSA) is 38.1 Å². The first-order chi connectivity index (χ1) is 8.58. The Kier molecular flexibility index (Phi) is 3.67. The lowest BCUT2D eigenvalue weighted by atomic mass is 10.2. The molecule has 2 rings (SSSR count). The van der Waals surface area contributed by atoms with Crippen molar-refractivity contribution in [3.8, 4) is 0 Å². The number of anilines is 1. The summed E-state index contributed by atoms with van der Waals surface area (Å²) in [5.41, 5.74) is 0.909. The fraction of sp³-hybridized carbons (Fsp3) is 0.231. The van der Waals surface area contributed by atoms with Crippen molar-refractivity contribution in [2.45, 2.75) is 6.54 Å². The van der Waals surface area contributed by atoms with Gasteiger partial charge in [0, 0.05) is 26.7 Å². The third-order valence-corrected chi connectivity index (χ3v) is 2.95. The molecule has 0 saturated heterocycles. The van der Waals surface area contributed by atoms with E-state index < -0.39 is 0 Å². The van der Waals surface area contributed by atoms with E-state index >= 15 is 0 Å². The van der Waals surface area contributed by atoms with Gasteiger partial charge >= 0.3 is 0 Å². The first-order valence-corrected chi connectivity index (χ1v) is 5.94. The lowest BCUT2D eigenvalue weighted by molar-refractivity contribution is 0.704. The predicted octanol–water partition coefficient (Wildman–Crippen LogP) is 2.07. The summed E-state index contributed by atoms with van der Waals surface area (Å²) in [7, 11) is 3.68. The molecule has 0 aliphatic carbocycles. The average Bonchev–Trinajstić information content (AvgIpc) is 2.35. The average molecular weight is 264 g/mol. The van der Waals surface area contributed by atoms with Crippen LogP contribution in [0.1, 0.15) is 5.56 Å². The number of nitrogens with zero attached hydrogens (tertiary/aromatic N) is 3. The van der Waals surface area contributed by atoms with E-state index in [0.29, 0.717) is 6.54 Å². The lowest BCUT2D eigenvalue weighted by Gasteiger charge is -2.21. The summed E-state index contributed by atoms with van der Waals surface area (Å²) in [6.45, 7) is 0.706. The van der Waals surface area contributed by atoms with Gasteiger partial charge in [-0.2, -0.15) is 5.10 Å². The van der Waals surface area contributed by atoms with Crippen LogP contribution in [0.15, 0.2) is 41.2 Å². The van der Waals surface area contributed by atoms with Gasteiger partial charge in [-0.3, -0.25) is 9.48 Å². The monoisotopic (exact) mass is 263 g/mol. The number of aromatic nitrogens is 2. The second kappa shape index (κ2) is 5.23. The molecular weight excluding hydrogens is 250 g/mol. The second-order valence-corrected chi connectivity index (χ2v) is 4.48. The van der Waals surface area contributed by atoms with E-state index in [0.717, 1.165) is 5.82 Å². The Morgan fingerprint density at radius 1 is 1.33 bits per heavy atom. The van der Waals surface area contributed by atoms with E-state index in [1.807, 2.05) is 42.3 Å². The van der Waals surface area contributed by atoms with Crippen molar-refractivity contribution in [3.63, 3.8) is 0 Å². The minimum absolute atomic E-state index is 0.00522. The van der Waals surface area contributed by atoms with E-state index in [9.17, 15) is 4.79 Å². The highest BCUT2D eigenvalue weighted by Gasteiger charge is 2.08. The van der Waals surface area contributed by atoms with Crippen molar-refractivity contribution in [1.29, 1.82) is 0 Å². The standard InChI is InChI=1S/C13H14ClN3O/c1-16(9-10-6-4-3-5-7-10)12-8-11(18)13(14)15-17(12)2/h3-8H,9H2,1-2H3. The molecule has 0 bridgehead atoms. The molecule has 0 radical (unpaired) electrons. The molecule has 5 heteroatoms. The van der Waals surface area contributed by atoms with Crippen LogP contribution in [0.3, 0.4) is 0 Å². The number of hydrogen-bond donors (Lipinski definition) is 0. The Bertz CT molecular complexity index is 595. The van der Waals surface area contributed by atoms with E-state index in [1.54, 1.807) is 11.7 Å². The fourth-order valence-corrected chi connectivity index (χ4v) is 1.97. The summed E-state index contributed by atoms with van der Waals surface area (Å²) in [6, 6.07) is 11.5. The minimum Gasteiger partial charge on any atom is -0.355 e. The molecule has 0 fully saturated rings. The van der Waals surface area contributed by atoms with Gasteiger partial charge in [-0.25, -0.2) is 0 Å². The second-order valence-electron chi connectivity index (χ2n) is 4.12. The number of rotatable bonds is 3. The molecule has 0 atom stereocenters. The van der Waals surface area contributed by atoms with E-state index in [2.05, 4.69) is 5.10 Å². The highest BCUT2D eigenvalue weighted by atomic mass is 35.5. The SMILES string of the molecule is CN(Cc1ccccc1)c1cc(=O)c(Cl)nn1C. The van der Waals surface area contributed by atoms with Crippen molar-refractivity contribution < 1.29 is 0 Å². The summed E-state index contributed by atoms with van der Waals surface area (Å²) < 4.78 is 1.60. The molecule has 1 aromatic carbocycles. The highest BCUT2D eigenvalue weighted by molar-refractivity contribution is 6.29. The van der Waals surface area contributed by atoms with Crippen LogP contribution in [0.2, 0.25) is 5.15 Å². The summed E-state index contributed by atoms with van der Waals surface area (Å²) in [4.78, 5) is 13.5. The van der Waals surface area contributed by atoms with Gasteiger partial charge in [0.15, 0.2) is 5.15 Å². The molecule has 0 amide bonds. The van der Waals surface area contributed by atoms with Crippen LogP contribution in [0.4, 0.5) is 5.82 Å². The highest BCUT2D eigenvalue weighted by Crippen LogP contribution is 2.13. The number of aryl methyl sites for hydroxylation is 1. The maximum atomic E-state index is 11.5. The smallest absolute Gasteiger partial charge is 0.221 e. The number of halogens is 1. The van der Waals surface area contributed by atoms with Crippen LogP contribution in [0.5, 0.6) is 0 Å². The van der Waals surface area contributed by atoms with Crippen molar-refractivity contribution in [2.75, 3.05) is 11.9 Å². The van der Waals surface area contributed by atoms with Gasteiger partial charge in [0.1, 0.15) is 5.82 Å². The predicted molar refractivity (Wildman–Crippen MR) is 73.0 cm³/mol. The molecular formula is C13H14ClN3O. The molecule has 0 spiro atoms. The molecule has 0 aliphatic rings. The van der Waals surface area contributed by atoms with Crippen LogP contribution >= 0.6 is 11.6 Å². The van der Waals surface area contributed by atoms with Crippen LogP contribution in [0, 0.1) is 0 Å². The maximum Gasteiger partial charge on any atom is 0.221 e. The van der Waals surface area contributed by atoms with Gasteiger partial charge < -0.3 is 4.90 Å². The molecule has 0 saturated carbocycles. The zero-order chi connectivity index (χ0) is 13.1. The zero-order valence-electron chi connectivity index (χ0n) is 10.3. The fourth-order valence-electron chi connectivity index (χ4n) is 1.80. The van der Waals surface area contributed by atoms with Crippen molar-refractivity contribution in [3.05, 3.63) is 57.3 Å². The van der Waals surface area contributed by atoms with Crippen molar-refractivity contribution in [1.82, 2.24) is 9.78 Å². The molecule has 1 aromatic heterocycles. The van der Waals surface area contributed by atoms with Gasteiger partial charge in [0.05, 0.1) is 0 Å². The molecule has 0 aliphatic heterocycles. The minimum atomic E-state index is -0.260. The summed E-state index contributed by atoms with van der Waals surface area (Å²) in [5.74, 6) is 0.730. The molecule has 0 unspecified atom stereocenters. The number of benzene rings is 1. The molecule has 94 valence electrons. The van der Waals surface area contributed by atoms with Gasteiger partial charge in [0.2, 0.25) is 5.43 Å².